The third-order valence-electron chi connectivity index (χ3n) is 4.95. The number of carbonyl (C=O) groups excluding carboxylic acids is 1. The number of fused-ring (bicyclic) bond motifs is 3. The van der Waals surface area contributed by atoms with E-state index in [0.29, 0.717) is 47.0 Å². The summed E-state index contributed by atoms with van der Waals surface area (Å²) in [5.41, 5.74) is 0.716. The fourth-order valence-electron chi connectivity index (χ4n) is 3.60. The molecule has 0 aliphatic carbocycles. The van der Waals surface area contributed by atoms with Gasteiger partial charge in [0.2, 0.25) is 5.91 Å². The molecule has 0 N–H and O–H groups in total. The summed E-state index contributed by atoms with van der Waals surface area (Å²) in [4.78, 5) is 41.5. The Hall–Kier alpha value is -2.38. The zero-order valence-corrected chi connectivity index (χ0v) is 16.6. The van der Waals surface area contributed by atoms with Gasteiger partial charge in [0.05, 0.1) is 17.6 Å². The lowest BCUT2D eigenvalue weighted by molar-refractivity contribution is -0.129. The van der Waals surface area contributed by atoms with Gasteiger partial charge in [-0.3, -0.25) is 14.2 Å². The molecule has 0 saturated carbocycles. The molecular formula is C19H18ClN3O3S. The molecule has 0 saturated heterocycles. The minimum atomic E-state index is -0.376. The smallest absolute Gasteiger partial charge is 0.336 e. The molecule has 1 aliphatic rings. The molecule has 3 heterocycles. The van der Waals surface area contributed by atoms with E-state index in [1.165, 1.54) is 15.9 Å². The second-order valence-electron chi connectivity index (χ2n) is 6.52. The van der Waals surface area contributed by atoms with Crippen molar-refractivity contribution in [2.75, 3.05) is 6.54 Å². The highest BCUT2D eigenvalue weighted by Gasteiger charge is 2.27. The Balaban J connectivity index is 2.05. The molecule has 4 rings (SSSR count). The van der Waals surface area contributed by atoms with Crippen LogP contribution >= 0.6 is 22.9 Å². The van der Waals surface area contributed by atoms with E-state index in [0.717, 1.165) is 10.4 Å². The van der Waals surface area contributed by atoms with Gasteiger partial charge in [0.25, 0.3) is 5.56 Å². The number of halogens is 1. The van der Waals surface area contributed by atoms with Crippen LogP contribution in [0.3, 0.4) is 0 Å². The summed E-state index contributed by atoms with van der Waals surface area (Å²) in [5, 5.41) is 1.05. The van der Waals surface area contributed by atoms with Crippen molar-refractivity contribution in [3.8, 4) is 5.69 Å². The van der Waals surface area contributed by atoms with Crippen LogP contribution in [0.25, 0.3) is 15.9 Å². The van der Waals surface area contributed by atoms with E-state index in [4.69, 9.17) is 11.6 Å². The normalized spacial score (nSPS) is 13.8. The molecule has 0 unspecified atom stereocenters. The maximum Gasteiger partial charge on any atom is 0.336 e. The van der Waals surface area contributed by atoms with Crippen LogP contribution < -0.4 is 11.2 Å². The molecule has 0 atom stereocenters. The van der Waals surface area contributed by atoms with E-state index in [1.54, 1.807) is 40.7 Å². The molecule has 0 fully saturated rings. The number of benzene rings is 1. The van der Waals surface area contributed by atoms with Crippen LogP contribution in [0.4, 0.5) is 0 Å². The van der Waals surface area contributed by atoms with Gasteiger partial charge >= 0.3 is 5.69 Å². The first-order valence-electron chi connectivity index (χ1n) is 8.74. The summed E-state index contributed by atoms with van der Waals surface area (Å²) < 4.78 is 2.82. The minimum Gasteiger partial charge on any atom is -0.337 e. The molecule has 8 heteroatoms. The minimum absolute atomic E-state index is 0.0160. The van der Waals surface area contributed by atoms with Gasteiger partial charge in [-0.25, -0.2) is 9.36 Å². The van der Waals surface area contributed by atoms with Crippen LogP contribution in [0.5, 0.6) is 0 Å². The summed E-state index contributed by atoms with van der Waals surface area (Å²) in [5.74, 6) is 0.0160. The van der Waals surface area contributed by atoms with Crippen molar-refractivity contribution in [2.45, 2.75) is 33.4 Å². The summed E-state index contributed by atoms with van der Waals surface area (Å²) in [6, 6.07) is 6.75. The monoisotopic (exact) mass is 403 g/mol. The Morgan fingerprint density at radius 3 is 2.74 bits per heavy atom. The third kappa shape index (κ3) is 2.82. The van der Waals surface area contributed by atoms with Crippen LogP contribution in [0.15, 0.2) is 33.9 Å². The number of aryl methyl sites for hydroxylation is 1. The van der Waals surface area contributed by atoms with Crippen LogP contribution in [-0.2, 0) is 24.3 Å². The molecule has 27 heavy (non-hydrogen) atoms. The van der Waals surface area contributed by atoms with Crippen molar-refractivity contribution in [1.82, 2.24) is 14.0 Å². The topological polar surface area (TPSA) is 64.3 Å². The van der Waals surface area contributed by atoms with Crippen LogP contribution in [0, 0.1) is 0 Å². The first-order valence-corrected chi connectivity index (χ1v) is 9.93. The van der Waals surface area contributed by atoms with E-state index >= 15 is 0 Å². The number of hydrogen-bond acceptors (Lipinski definition) is 4. The molecule has 1 aliphatic heterocycles. The zero-order chi connectivity index (χ0) is 19.3. The molecule has 3 aromatic rings. The average molecular weight is 404 g/mol. The highest BCUT2D eigenvalue weighted by Crippen LogP contribution is 2.33. The Kier molecular flexibility index (Phi) is 4.44. The number of hydrogen-bond donors (Lipinski definition) is 0. The Morgan fingerprint density at radius 2 is 2.07 bits per heavy atom. The lowest BCUT2D eigenvalue weighted by Crippen LogP contribution is -2.39. The van der Waals surface area contributed by atoms with E-state index in [2.05, 4.69) is 0 Å². The predicted octanol–water partition coefficient (Wildman–Crippen LogP) is 2.79. The van der Waals surface area contributed by atoms with E-state index in [9.17, 15) is 14.4 Å². The van der Waals surface area contributed by atoms with Gasteiger partial charge in [0, 0.05) is 29.9 Å². The van der Waals surface area contributed by atoms with E-state index in [1.807, 2.05) is 6.92 Å². The number of thiophene rings is 1. The number of nitrogens with zero attached hydrogens (tertiary/aromatic N) is 3. The lowest BCUT2D eigenvalue weighted by atomic mass is 10.1. The largest absolute Gasteiger partial charge is 0.337 e. The Labute approximate surface area is 164 Å². The Bertz CT molecular complexity index is 1190. The second-order valence-corrected chi connectivity index (χ2v) is 8.04. The van der Waals surface area contributed by atoms with Gasteiger partial charge < -0.3 is 4.90 Å². The summed E-state index contributed by atoms with van der Waals surface area (Å²) >= 11 is 7.51. The third-order valence-corrected chi connectivity index (χ3v) is 6.43. The van der Waals surface area contributed by atoms with Crippen molar-refractivity contribution >= 4 is 39.1 Å². The molecule has 140 valence electrons. The van der Waals surface area contributed by atoms with Gasteiger partial charge in [0.1, 0.15) is 4.83 Å². The van der Waals surface area contributed by atoms with Crippen LogP contribution in [0.2, 0.25) is 5.02 Å². The van der Waals surface area contributed by atoms with E-state index < -0.39 is 0 Å². The van der Waals surface area contributed by atoms with Gasteiger partial charge in [-0.05, 0) is 37.1 Å². The van der Waals surface area contributed by atoms with Crippen molar-refractivity contribution < 1.29 is 4.79 Å². The first kappa shape index (κ1) is 18.0. The molecule has 0 radical (unpaired) electrons. The standard InChI is InChI=1S/C19H18ClN3O3S/c1-3-22-18-16(14-7-8-21(11(2)24)10-15(14)27-18)17(25)23(19(22)26)13-6-4-5-12(20)9-13/h4-6,9H,3,7-8,10H2,1-2H3. The van der Waals surface area contributed by atoms with E-state index in [-0.39, 0.29) is 17.2 Å². The van der Waals surface area contributed by atoms with Gasteiger partial charge in [-0.2, -0.15) is 0 Å². The number of aromatic nitrogens is 2. The maximum atomic E-state index is 13.3. The van der Waals surface area contributed by atoms with Gasteiger partial charge in [-0.15, -0.1) is 11.3 Å². The molecule has 1 aromatic carbocycles. The summed E-state index contributed by atoms with van der Waals surface area (Å²) in [7, 11) is 0. The molecular weight excluding hydrogens is 386 g/mol. The van der Waals surface area contributed by atoms with Gasteiger partial charge in [0.15, 0.2) is 0 Å². The number of rotatable bonds is 2. The first-order chi connectivity index (χ1) is 12.9. The Morgan fingerprint density at radius 1 is 1.30 bits per heavy atom. The SMILES string of the molecule is CCn1c(=O)n(-c2cccc(Cl)c2)c(=O)c2c3c(sc21)CN(C(C)=O)CC3. The van der Waals surface area contributed by atoms with Crippen molar-refractivity contribution in [1.29, 1.82) is 0 Å². The van der Waals surface area contributed by atoms with Gasteiger partial charge in [-0.1, -0.05) is 17.7 Å². The molecule has 0 spiro atoms. The van der Waals surface area contributed by atoms with Crippen molar-refractivity contribution in [3.05, 3.63) is 60.6 Å². The van der Waals surface area contributed by atoms with Crippen LogP contribution in [-0.4, -0.2) is 26.5 Å². The number of amides is 1. The zero-order valence-electron chi connectivity index (χ0n) is 15.0. The quantitative estimate of drug-likeness (QED) is 0.661. The van der Waals surface area contributed by atoms with Crippen molar-refractivity contribution in [3.63, 3.8) is 0 Å². The maximum absolute atomic E-state index is 13.3. The molecule has 2 aromatic heterocycles. The summed E-state index contributed by atoms with van der Waals surface area (Å²) in [6.45, 7) is 4.95. The van der Waals surface area contributed by atoms with Crippen molar-refractivity contribution in [2.24, 2.45) is 0 Å². The molecule has 6 nitrogen and oxygen atoms in total. The number of carbonyl (C=O) groups is 1. The fraction of sp³-hybridized carbons (Fsp3) is 0.316. The van der Waals surface area contributed by atoms with Crippen LogP contribution in [0.1, 0.15) is 24.3 Å². The predicted molar refractivity (Wildman–Crippen MR) is 107 cm³/mol. The highest BCUT2D eigenvalue weighted by atomic mass is 35.5. The fourth-order valence-corrected chi connectivity index (χ4v) is 5.19. The molecule has 1 amide bonds. The summed E-state index contributed by atoms with van der Waals surface area (Å²) in [6.07, 6.45) is 0.613. The highest BCUT2D eigenvalue weighted by molar-refractivity contribution is 7.18. The lowest BCUT2D eigenvalue weighted by Gasteiger charge is -2.25. The second kappa shape index (κ2) is 6.65. The average Bonchev–Trinajstić information content (AvgIpc) is 3.00. The molecule has 0 bridgehead atoms.